The highest BCUT2D eigenvalue weighted by molar-refractivity contribution is 7.99. The monoisotopic (exact) mass is 386 g/mol. The zero-order valence-electron chi connectivity index (χ0n) is 14.4. The average Bonchev–Trinajstić information content (AvgIpc) is 3.38. The van der Waals surface area contributed by atoms with Crippen LogP contribution in [0.1, 0.15) is 11.6 Å². The molecule has 27 heavy (non-hydrogen) atoms. The summed E-state index contributed by atoms with van der Waals surface area (Å²) in [6.07, 6.45) is 1.80. The van der Waals surface area contributed by atoms with Gasteiger partial charge in [-0.15, -0.1) is 15.3 Å². The van der Waals surface area contributed by atoms with Gasteiger partial charge in [-0.25, -0.2) is 4.68 Å². The maximum absolute atomic E-state index is 12.0. The van der Waals surface area contributed by atoms with E-state index in [4.69, 9.17) is 4.52 Å². The molecule has 0 aliphatic heterocycles. The van der Waals surface area contributed by atoms with Crippen LogP contribution in [0.4, 0.5) is 0 Å². The van der Waals surface area contributed by atoms with Crippen LogP contribution in [0.2, 0.25) is 0 Å². The Morgan fingerprint density at radius 2 is 2.22 bits per heavy atom. The number of carbonyl (C=O) groups is 1. The Balaban J connectivity index is 1.40. The maximum Gasteiger partial charge on any atom is 0.258 e. The molecule has 0 saturated heterocycles. The van der Waals surface area contributed by atoms with Crippen molar-refractivity contribution in [3.05, 3.63) is 30.0 Å². The number of tetrazole rings is 1. The van der Waals surface area contributed by atoms with Crippen LogP contribution in [0.25, 0.3) is 17.1 Å². The summed E-state index contributed by atoms with van der Waals surface area (Å²) in [5.74, 6) is 1.63. The first-order chi connectivity index (χ1) is 13.1. The summed E-state index contributed by atoms with van der Waals surface area (Å²) < 4.78 is 8.45. The van der Waals surface area contributed by atoms with Crippen LogP contribution in [0.3, 0.4) is 0 Å². The summed E-state index contributed by atoms with van der Waals surface area (Å²) in [4.78, 5) is 16.2. The number of nitrogens with zero attached hydrogens (tertiary/aromatic N) is 9. The minimum Gasteiger partial charge on any atom is -0.348 e. The van der Waals surface area contributed by atoms with Crippen LogP contribution in [0.15, 0.2) is 28.0 Å². The normalized spacial score (nSPS) is 11.2. The molecule has 4 heterocycles. The Bertz CT molecular complexity index is 1100. The van der Waals surface area contributed by atoms with Crippen molar-refractivity contribution in [2.24, 2.45) is 7.05 Å². The van der Waals surface area contributed by atoms with Gasteiger partial charge in [-0.05, 0) is 29.5 Å². The van der Waals surface area contributed by atoms with Gasteiger partial charge in [0.15, 0.2) is 17.3 Å². The van der Waals surface area contributed by atoms with Gasteiger partial charge in [-0.2, -0.15) is 4.98 Å². The number of carbonyl (C=O) groups excluding carboxylic acids is 1. The third-order valence-corrected chi connectivity index (χ3v) is 4.62. The van der Waals surface area contributed by atoms with Crippen molar-refractivity contribution in [3.8, 4) is 11.5 Å². The van der Waals surface area contributed by atoms with Gasteiger partial charge < -0.3 is 9.84 Å². The van der Waals surface area contributed by atoms with Crippen molar-refractivity contribution in [1.29, 1.82) is 0 Å². The summed E-state index contributed by atoms with van der Waals surface area (Å²) >= 11 is 1.25. The van der Waals surface area contributed by atoms with E-state index in [1.54, 1.807) is 30.6 Å². The van der Waals surface area contributed by atoms with E-state index in [1.807, 2.05) is 6.07 Å². The van der Waals surface area contributed by atoms with Gasteiger partial charge in [0.2, 0.25) is 11.1 Å². The largest absolute Gasteiger partial charge is 0.348 e. The van der Waals surface area contributed by atoms with E-state index in [1.165, 1.54) is 16.4 Å². The Morgan fingerprint density at radius 3 is 2.96 bits per heavy atom. The highest BCUT2D eigenvalue weighted by atomic mass is 32.2. The lowest BCUT2D eigenvalue weighted by molar-refractivity contribution is -0.118. The first-order valence-electron chi connectivity index (χ1n) is 7.86. The molecule has 1 amide bonds. The number of amides is 1. The molecular weight excluding hydrogens is 372 g/mol. The quantitative estimate of drug-likeness (QED) is 0.451. The molecule has 0 aromatic carbocycles. The Kier molecular flexibility index (Phi) is 4.50. The topological polar surface area (TPSA) is 142 Å². The third-order valence-electron chi connectivity index (χ3n) is 3.61. The molecule has 0 radical (unpaired) electrons. The minimum atomic E-state index is -0.155. The van der Waals surface area contributed by atoms with Crippen molar-refractivity contribution < 1.29 is 9.32 Å². The molecule has 138 valence electrons. The Labute approximate surface area is 156 Å². The zero-order valence-corrected chi connectivity index (χ0v) is 15.2. The van der Waals surface area contributed by atoms with E-state index in [-0.39, 0.29) is 18.2 Å². The highest BCUT2D eigenvalue weighted by Gasteiger charge is 2.12. The molecule has 0 unspecified atom stereocenters. The lowest BCUT2D eigenvalue weighted by Crippen LogP contribution is -2.25. The van der Waals surface area contributed by atoms with Crippen LogP contribution in [-0.2, 0) is 18.4 Å². The molecule has 0 aliphatic rings. The summed E-state index contributed by atoms with van der Waals surface area (Å²) in [7, 11) is 1.71. The van der Waals surface area contributed by atoms with Gasteiger partial charge in [0, 0.05) is 18.8 Å². The lowest BCUT2D eigenvalue weighted by atomic mass is 10.2. The molecule has 0 fully saturated rings. The van der Waals surface area contributed by atoms with Crippen LogP contribution in [-0.4, -0.2) is 56.6 Å². The second-order valence-electron chi connectivity index (χ2n) is 5.56. The van der Waals surface area contributed by atoms with Crippen molar-refractivity contribution >= 4 is 23.3 Å². The standard InChI is InChI=1S/C14H14N10O2S/c1-8-16-13(26-20-8)9-3-4-24-10(5-9)17-18-11(24)6-15-12(25)7-27-14-19-21-22-23(14)2/h3-5H,6-7H2,1-2H3,(H,15,25). The van der Waals surface area contributed by atoms with Crippen LogP contribution >= 0.6 is 11.8 Å². The molecule has 1 N–H and O–H groups in total. The number of aromatic nitrogens is 9. The number of thioether (sulfide) groups is 1. The molecule has 0 saturated carbocycles. The number of hydrogen-bond acceptors (Lipinski definition) is 10. The van der Waals surface area contributed by atoms with Crippen LogP contribution in [0.5, 0.6) is 0 Å². The van der Waals surface area contributed by atoms with Crippen LogP contribution in [0, 0.1) is 6.92 Å². The van der Waals surface area contributed by atoms with E-state index in [0.29, 0.717) is 28.3 Å². The number of fused-ring (bicyclic) bond motifs is 1. The molecule has 4 rings (SSSR count). The Hall–Kier alpha value is -3.35. The fourth-order valence-corrected chi connectivity index (χ4v) is 2.99. The second-order valence-corrected chi connectivity index (χ2v) is 6.50. The van der Waals surface area contributed by atoms with Gasteiger partial charge in [0.25, 0.3) is 5.89 Å². The number of hydrogen-bond donors (Lipinski definition) is 1. The molecule has 12 nitrogen and oxygen atoms in total. The smallest absolute Gasteiger partial charge is 0.258 e. The number of pyridine rings is 1. The summed E-state index contributed by atoms with van der Waals surface area (Å²) in [5, 5.41) is 26.4. The molecule has 0 atom stereocenters. The van der Waals surface area contributed by atoms with Gasteiger partial charge >= 0.3 is 0 Å². The molecule has 13 heteroatoms. The maximum atomic E-state index is 12.0. The molecule has 0 bridgehead atoms. The molecule has 0 aliphatic carbocycles. The average molecular weight is 386 g/mol. The Morgan fingerprint density at radius 1 is 1.33 bits per heavy atom. The van der Waals surface area contributed by atoms with E-state index in [9.17, 15) is 4.79 Å². The summed E-state index contributed by atoms with van der Waals surface area (Å²) in [6, 6.07) is 3.62. The molecular formula is C14H14N10O2S. The second kappa shape index (κ2) is 7.11. The van der Waals surface area contributed by atoms with Crippen molar-refractivity contribution in [1.82, 2.24) is 50.3 Å². The summed E-state index contributed by atoms with van der Waals surface area (Å²) in [5.41, 5.74) is 1.37. The first-order valence-corrected chi connectivity index (χ1v) is 8.85. The predicted molar refractivity (Wildman–Crippen MR) is 92.4 cm³/mol. The lowest BCUT2D eigenvalue weighted by Gasteiger charge is -2.04. The fraction of sp³-hybridized carbons (Fsp3) is 0.286. The van der Waals surface area contributed by atoms with Crippen LogP contribution < -0.4 is 5.32 Å². The van der Waals surface area contributed by atoms with E-state index >= 15 is 0 Å². The molecule has 4 aromatic heterocycles. The van der Waals surface area contributed by atoms with Crippen molar-refractivity contribution in [2.45, 2.75) is 18.6 Å². The van der Waals surface area contributed by atoms with Crippen molar-refractivity contribution in [2.75, 3.05) is 5.75 Å². The van der Waals surface area contributed by atoms with E-state index in [2.05, 4.69) is 41.2 Å². The van der Waals surface area contributed by atoms with Crippen molar-refractivity contribution in [3.63, 3.8) is 0 Å². The summed E-state index contributed by atoms with van der Waals surface area (Å²) in [6.45, 7) is 2.00. The first kappa shape index (κ1) is 17.1. The molecule has 0 spiro atoms. The van der Waals surface area contributed by atoms with Gasteiger partial charge in [0.05, 0.1) is 12.3 Å². The van der Waals surface area contributed by atoms with E-state index in [0.717, 1.165) is 5.56 Å². The molecule has 4 aromatic rings. The number of aryl methyl sites for hydroxylation is 2. The minimum absolute atomic E-state index is 0.155. The van der Waals surface area contributed by atoms with Gasteiger partial charge in [-0.1, -0.05) is 16.9 Å². The van der Waals surface area contributed by atoms with Gasteiger partial charge in [-0.3, -0.25) is 9.20 Å². The van der Waals surface area contributed by atoms with Gasteiger partial charge in [0.1, 0.15) is 0 Å². The zero-order chi connectivity index (χ0) is 18.8. The SMILES string of the molecule is Cc1noc(-c2ccn3c(CNC(=O)CSc4nnnn4C)nnc3c2)n1. The number of nitrogens with one attached hydrogen (secondary N) is 1. The highest BCUT2D eigenvalue weighted by Crippen LogP contribution is 2.19. The fourth-order valence-electron chi connectivity index (χ4n) is 2.31. The number of rotatable bonds is 6. The third kappa shape index (κ3) is 3.62. The predicted octanol–water partition coefficient (Wildman–Crippen LogP) is 0.0197. The van der Waals surface area contributed by atoms with E-state index < -0.39 is 0 Å².